The molecule has 0 amide bonds. The maximum Gasteiger partial charge on any atom is 0.157 e. The lowest BCUT2D eigenvalue weighted by atomic mass is 10.2. The highest BCUT2D eigenvalue weighted by atomic mass is 79.9. The molecule has 1 aromatic heterocycles. The van der Waals surface area contributed by atoms with Crippen molar-refractivity contribution in [1.29, 1.82) is 5.26 Å². The van der Waals surface area contributed by atoms with E-state index in [0.717, 1.165) is 0 Å². The highest BCUT2D eigenvalue weighted by Gasteiger charge is 2.10. The number of nitriles is 1. The monoisotopic (exact) mass is 321 g/mol. The maximum atomic E-state index is 13.1. The molecule has 2 aromatic rings. The molecular formula is C13H9BrFN3O. The van der Waals surface area contributed by atoms with Crippen LogP contribution in [0.15, 0.2) is 34.9 Å². The number of nitrogen functional groups attached to an aromatic ring is 1. The molecule has 0 aliphatic carbocycles. The fraction of sp³-hybridized carbons (Fsp3) is 0.0769. The van der Waals surface area contributed by atoms with Crippen LogP contribution >= 0.6 is 15.9 Å². The van der Waals surface area contributed by atoms with E-state index in [1.807, 2.05) is 6.07 Å². The molecule has 0 saturated heterocycles. The molecule has 1 heterocycles. The summed E-state index contributed by atoms with van der Waals surface area (Å²) < 4.78 is 19.0. The Bertz CT molecular complexity index is 632. The quantitative estimate of drug-likeness (QED) is 0.882. The van der Waals surface area contributed by atoms with E-state index in [1.165, 1.54) is 18.3 Å². The highest BCUT2D eigenvalue weighted by molar-refractivity contribution is 9.10. The molecule has 0 fully saturated rings. The molecule has 0 saturated carbocycles. The van der Waals surface area contributed by atoms with Gasteiger partial charge in [0.2, 0.25) is 0 Å². The second-order valence-corrected chi connectivity index (χ2v) is 4.57. The minimum Gasteiger partial charge on any atom is -0.485 e. The summed E-state index contributed by atoms with van der Waals surface area (Å²) in [5.74, 6) is -0.107. The summed E-state index contributed by atoms with van der Waals surface area (Å²) in [6.07, 6.45) is 1.53. The summed E-state index contributed by atoms with van der Waals surface area (Å²) in [5, 5.41) is 8.91. The van der Waals surface area contributed by atoms with Gasteiger partial charge in [0.1, 0.15) is 24.2 Å². The number of rotatable bonds is 3. The summed E-state index contributed by atoms with van der Waals surface area (Å²) >= 11 is 3.18. The molecule has 4 nitrogen and oxygen atoms in total. The first kappa shape index (κ1) is 13.3. The van der Waals surface area contributed by atoms with E-state index in [1.54, 1.807) is 12.1 Å². The summed E-state index contributed by atoms with van der Waals surface area (Å²) in [5.41, 5.74) is 6.80. The molecule has 0 unspecified atom stereocenters. The number of nitrogens with two attached hydrogens (primary N) is 1. The Hall–Kier alpha value is -2.13. The van der Waals surface area contributed by atoms with Crippen LogP contribution in [-0.4, -0.2) is 4.98 Å². The third kappa shape index (κ3) is 3.01. The van der Waals surface area contributed by atoms with Crippen LogP contribution in [0.5, 0.6) is 5.75 Å². The van der Waals surface area contributed by atoms with Crippen LogP contribution in [0.25, 0.3) is 0 Å². The van der Waals surface area contributed by atoms with Crippen LogP contribution in [-0.2, 0) is 6.61 Å². The van der Waals surface area contributed by atoms with Gasteiger partial charge in [-0.1, -0.05) is 6.07 Å². The Morgan fingerprint density at radius 2 is 2.26 bits per heavy atom. The van der Waals surface area contributed by atoms with Crippen molar-refractivity contribution in [3.63, 3.8) is 0 Å². The lowest BCUT2D eigenvalue weighted by Gasteiger charge is -2.11. The average molecular weight is 322 g/mol. The van der Waals surface area contributed by atoms with Crippen molar-refractivity contribution in [3.8, 4) is 11.8 Å². The van der Waals surface area contributed by atoms with Crippen molar-refractivity contribution >= 4 is 21.6 Å². The molecule has 96 valence electrons. The number of hydrogen-bond donors (Lipinski definition) is 1. The van der Waals surface area contributed by atoms with E-state index < -0.39 is 5.82 Å². The third-order valence-corrected chi connectivity index (χ3v) is 3.00. The maximum absolute atomic E-state index is 13.1. The van der Waals surface area contributed by atoms with Crippen molar-refractivity contribution in [3.05, 3.63) is 52.0 Å². The molecule has 0 aliphatic heterocycles. The SMILES string of the molecule is N#Cc1ncccc1COc1c(N)cc(F)cc1Br. The molecule has 1 aromatic carbocycles. The fourth-order valence-electron chi connectivity index (χ4n) is 1.54. The number of anilines is 1. The van der Waals surface area contributed by atoms with Gasteiger partial charge in [0.25, 0.3) is 0 Å². The van der Waals surface area contributed by atoms with Gasteiger partial charge < -0.3 is 10.5 Å². The highest BCUT2D eigenvalue weighted by Crippen LogP contribution is 2.33. The van der Waals surface area contributed by atoms with Crippen molar-refractivity contribution in [2.24, 2.45) is 0 Å². The second-order valence-electron chi connectivity index (χ2n) is 3.72. The lowest BCUT2D eigenvalue weighted by Crippen LogP contribution is -2.03. The number of nitrogens with zero attached hydrogens (tertiary/aromatic N) is 2. The Balaban J connectivity index is 2.22. The van der Waals surface area contributed by atoms with Gasteiger partial charge in [0.15, 0.2) is 5.75 Å². The van der Waals surface area contributed by atoms with Crippen LogP contribution < -0.4 is 10.5 Å². The van der Waals surface area contributed by atoms with Crippen molar-refractivity contribution < 1.29 is 9.13 Å². The Morgan fingerprint density at radius 1 is 1.47 bits per heavy atom. The zero-order valence-corrected chi connectivity index (χ0v) is 11.3. The van der Waals surface area contributed by atoms with Crippen LogP contribution in [0.2, 0.25) is 0 Å². The molecule has 0 bridgehead atoms. The summed E-state index contributed by atoms with van der Waals surface area (Å²) in [6.45, 7) is 0.130. The predicted molar refractivity (Wildman–Crippen MR) is 71.8 cm³/mol. The first-order chi connectivity index (χ1) is 9.11. The van der Waals surface area contributed by atoms with Crippen LogP contribution in [0, 0.1) is 17.1 Å². The van der Waals surface area contributed by atoms with Gasteiger partial charge in [-0.05, 0) is 28.1 Å². The van der Waals surface area contributed by atoms with E-state index in [2.05, 4.69) is 20.9 Å². The molecule has 0 aliphatic rings. The van der Waals surface area contributed by atoms with Gasteiger partial charge in [0.05, 0.1) is 10.2 Å². The smallest absolute Gasteiger partial charge is 0.157 e. The van der Waals surface area contributed by atoms with Gasteiger partial charge in [-0.3, -0.25) is 0 Å². The summed E-state index contributed by atoms with van der Waals surface area (Å²) in [6, 6.07) is 7.86. The molecule has 2 N–H and O–H groups in total. The molecule has 2 rings (SSSR count). The first-order valence-electron chi connectivity index (χ1n) is 5.33. The van der Waals surface area contributed by atoms with Gasteiger partial charge >= 0.3 is 0 Å². The van der Waals surface area contributed by atoms with E-state index in [-0.39, 0.29) is 12.3 Å². The molecule has 0 spiro atoms. The topological polar surface area (TPSA) is 71.9 Å². The normalized spacial score (nSPS) is 9.95. The minimum atomic E-state index is -0.448. The molecule has 0 atom stereocenters. The lowest BCUT2D eigenvalue weighted by molar-refractivity contribution is 0.304. The zero-order chi connectivity index (χ0) is 13.8. The summed E-state index contributed by atoms with van der Waals surface area (Å²) in [4.78, 5) is 3.92. The zero-order valence-electron chi connectivity index (χ0n) is 9.73. The number of halogens is 2. The number of aromatic nitrogens is 1. The van der Waals surface area contributed by atoms with Gasteiger partial charge in [0, 0.05) is 17.8 Å². The standard InChI is InChI=1S/C13H9BrFN3O/c14-10-4-9(15)5-11(17)13(10)19-7-8-2-1-3-18-12(8)6-16/h1-5H,7,17H2. The average Bonchev–Trinajstić information content (AvgIpc) is 2.38. The third-order valence-electron chi connectivity index (χ3n) is 2.41. The van der Waals surface area contributed by atoms with E-state index in [4.69, 9.17) is 15.7 Å². The van der Waals surface area contributed by atoms with Gasteiger partial charge in [-0.25, -0.2) is 9.37 Å². The Kier molecular flexibility index (Phi) is 3.97. The van der Waals surface area contributed by atoms with Gasteiger partial charge in [-0.15, -0.1) is 0 Å². The predicted octanol–water partition coefficient (Wildman–Crippen LogP) is 3.02. The van der Waals surface area contributed by atoms with Crippen molar-refractivity contribution in [2.75, 3.05) is 5.73 Å². The number of hydrogen-bond acceptors (Lipinski definition) is 4. The van der Waals surface area contributed by atoms with Crippen molar-refractivity contribution in [1.82, 2.24) is 4.98 Å². The van der Waals surface area contributed by atoms with Crippen LogP contribution in [0.3, 0.4) is 0 Å². The molecule has 19 heavy (non-hydrogen) atoms. The van der Waals surface area contributed by atoms with E-state index in [0.29, 0.717) is 21.5 Å². The van der Waals surface area contributed by atoms with E-state index in [9.17, 15) is 4.39 Å². The first-order valence-corrected chi connectivity index (χ1v) is 6.12. The van der Waals surface area contributed by atoms with Gasteiger partial charge in [-0.2, -0.15) is 5.26 Å². The fourth-order valence-corrected chi connectivity index (χ4v) is 2.10. The second kappa shape index (κ2) is 5.67. The number of pyridine rings is 1. The Labute approximate surface area is 117 Å². The van der Waals surface area contributed by atoms with Crippen molar-refractivity contribution in [2.45, 2.75) is 6.61 Å². The van der Waals surface area contributed by atoms with Crippen LogP contribution in [0.1, 0.15) is 11.3 Å². The van der Waals surface area contributed by atoms with Crippen LogP contribution in [0.4, 0.5) is 10.1 Å². The molecule has 6 heteroatoms. The van der Waals surface area contributed by atoms with E-state index >= 15 is 0 Å². The summed E-state index contributed by atoms with van der Waals surface area (Å²) in [7, 11) is 0. The minimum absolute atomic E-state index is 0.130. The molecule has 0 radical (unpaired) electrons. The molecular weight excluding hydrogens is 313 g/mol. The number of ether oxygens (including phenoxy) is 1. The largest absolute Gasteiger partial charge is 0.485 e. The number of benzene rings is 1. The Morgan fingerprint density at radius 3 is 2.95 bits per heavy atom.